The predicted molar refractivity (Wildman–Crippen MR) is 101 cm³/mol. The summed E-state index contributed by atoms with van der Waals surface area (Å²) in [7, 11) is 1.67. The van der Waals surface area contributed by atoms with E-state index in [1.165, 1.54) is 17.4 Å². The monoisotopic (exact) mass is 348 g/mol. The molecule has 6 nitrogen and oxygen atoms in total. The molecule has 1 aliphatic heterocycles. The lowest BCUT2D eigenvalue weighted by Gasteiger charge is -2.16. The van der Waals surface area contributed by atoms with Crippen LogP contribution in [0.15, 0.2) is 59.8 Å². The summed E-state index contributed by atoms with van der Waals surface area (Å²) in [4.78, 5) is 22.9. The van der Waals surface area contributed by atoms with Crippen LogP contribution < -0.4 is 15.2 Å². The topological polar surface area (TPSA) is 60.2 Å². The molecule has 26 heavy (non-hydrogen) atoms. The Morgan fingerprint density at radius 3 is 2.38 bits per heavy atom. The van der Waals surface area contributed by atoms with Crippen molar-refractivity contribution in [1.82, 2.24) is 14.5 Å². The zero-order valence-corrected chi connectivity index (χ0v) is 14.6. The molecule has 0 saturated carbocycles. The number of aryl methyl sites for hydroxylation is 1. The first kappa shape index (κ1) is 16.3. The Morgan fingerprint density at radius 2 is 1.69 bits per heavy atom. The second-order valence-corrected chi connectivity index (χ2v) is 6.37. The maximum Gasteiger partial charge on any atom is 0.313 e. The molecule has 0 aliphatic carbocycles. The number of anilines is 1. The van der Waals surface area contributed by atoms with Gasteiger partial charge in [-0.2, -0.15) is 0 Å². The highest BCUT2D eigenvalue weighted by molar-refractivity contribution is 5.64. The molecule has 1 fully saturated rings. The van der Waals surface area contributed by atoms with Gasteiger partial charge in [0.2, 0.25) is 0 Å². The number of hydrogen-bond acceptors (Lipinski definition) is 5. The van der Waals surface area contributed by atoms with Crippen molar-refractivity contribution in [2.45, 2.75) is 12.8 Å². The van der Waals surface area contributed by atoms with Crippen LogP contribution in [-0.2, 0) is 7.05 Å². The third kappa shape index (κ3) is 3.31. The second kappa shape index (κ2) is 7.00. The number of ether oxygens (including phenoxy) is 1. The van der Waals surface area contributed by atoms with Gasteiger partial charge in [-0.1, -0.05) is 12.1 Å². The Hall–Kier alpha value is -3.15. The van der Waals surface area contributed by atoms with Gasteiger partial charge in [0.05, 0.1) is 0 Å². The molecule has 3 heterocycles. The van der Waals surface area contributed by atoms with Crippen LogP contribution in [0.5, 0.6) is 11.6 Å². The molecule has 1 aromatic carbocycles. The van der Waals surface area contributed by atoms with Gasteiger partial charge in [0, 0.05) is 44.3 Å². The van der Waals surface area contributed by atoms with Gasteiger partial charge >= 0.3 is 5.56 Å². The van der Waals surface area contributed by atoms with Gasteiger partial charge in [-0.3, -0.25) is 4.79 Å². The van der Waals surface area contributed by atoms with Crippen LogP contribution in [0.3, 0.4) is 0 Å². The smallest absolute Gasteiger partial charge is 0.313 e. The zero-order valence-electron chi connectivity index (χ0n) is 14.6. The van der Waals surface area contributed by atoms with Gasteiger partial charge < -0.3 is 14.2 Å². The lowest BCUT2D eigenvalue weighted by atomic mass is 10.1. The lowest BCUT2D eigenvalue weighted by molar-refractivity contribution is 0.448. The maximum atomic E-state index is 12.0. The molecule has 0 amide bonds. The summed E-state index contributed by atoms with van der Waals surface area (Å²) in [5, 5.41) is 0. The first-order valence-corrected chi connectivity index (χ1v) is 8.72. The Balaban J connectivity index is 1.50. The number of pyridine rings is 1. The van der Waals surface area contributed by atoms with Gasteiger partial charge in [-0.15, -0.1) is 0 Å². The van der Waals surface area contributed by atoms with Crippen molar-refractivity contribution in [3.05, 3.63) is 65.3 Å². The van der Waals surface area contributed by atoms with E-state index in [1.54, 1.807) is 19.4 Å². The van der Waals surface area contributed by atoms with E-state index in [9.17, 15) is 4.79 Å². The average Bonchev–Trinajstić information content (AvgIpc) is 3.21. The highest BCUT2D eigenvalue weighted by Gasteiger charge is 2.13. The molecule has 0 radical (unpaired) electrons. The number of hydrogen-bond donors (Lipinski definition) is 0. The highest BCUT2D eigenvalue weighted by atomic mass is 16.5. The van der Waals surface area contributed by atoms with E-state index in [2.05, 4.69) is 27.0 Å². The third-order valence-corrected chi connectivity index (χ3v) is 4.57. The van der Waals surface area contributed by atoms with E-state index in [-0.39, 0.29) is 11.4 Å². The summed E-state index contributed by atoms with van der Waals surface area (Å²) in [6, 6.07) is 11.7. The molecule has 3 aromatic rings. The molecule has 1 aliphatic rings. The van der Waals surface area contributed by atoms with Crippen molar-refractivity contribution in [3.8, 4) is 22.8 Å². The van der Waals surface area contributed by atoms with Crippen LogP contribution in [0, 0.1) is 0 Å². The minimum absolute atomic E-state index is 0.0689. The molecule has 132 valence electrons. The minimum Gasteiger partial charge on any atom is -0.435 e. The molecule has 0 unspecified atom stereocenters. The highest BCUT2D eigenvalue weighted by Crippen LogP contribution is 2.25. The fraction of sp³-hybridized carbons (Fsp3) is 0.250. The van der Waals surface area contributed by atoms with Gasteiger partial charge in [-0.25, -0.2) is 9.97 Å². The van der Waals surface area contributed by atoms with Crippen molar-refractivity contribution in [2.24, 2.45) is 7.05 Å². The zero-order chi connectivity index (χ0) is 17.9. The lowest BCUT2D eigenvalue weighted by Crippen LogP contribution is -2.18. The molecule has 0 N–H and O–H groups in total. The first-order chi connectivity index (χ1) is 12.7. The van der Waals surface area contributed by atoms with Crippen LogP contribution in [0.25, 0.3) is 11.1 Å². The normalized spacial score (nSPS) is 13.8. The van der Waals surface area contributed by atoms with Gasteiger partial charge in [0.15, 0.2) is 0 Å². The number of aromatic nitrogens is 3. The molecular weight excluding hydrogens is 328 g/mol. The van der Waals surface area contributed by atoms with Crippen molar-refractivity contribution in [3.63, 3.8) is 0 Å². The van der Waals surface area contributed by atoms with Crippen LogP contribution in [0.1, 0.15) is 12.8 Å². The van der Waals surface area contributed by atoms with Crippen LogP contribution in [0.2, 0.25) is 0 Å². The second-order valence-electron chi connectivity index (χ2n) is 6.37. The van der Waals surface area contributed by atoms with Gasteiger partial charge in [0.1, 0.15) is 11.6 Å². The minimum atomic E-state index is -0.265. The molecular formula is C20H20N4O2. The van der Waals surface area contributed by atoms with E-state index in [1.807, 2.05) is 30.5 Å². The van der Waals surface area contributed by atoms with Crippen LogP contribution in [-0.4, -0.2) is 27.6 Å². The Labute approximate surface area is 151 Å². The fourth-order valence-corrected chi connectivity index (χ4v) is 3.06. The molecule has 0 atom stereocenters. The molecule has 6 heteroatoms. The largest absolute Gasteiger partial charge is 0.435 e. The molecule has 0 bridgehead atoms. The number of nitrogens with zero attached hydrogens (tertiary/aromatic N) is 4. The Morgan fingerprint density at radius 1 is 0.962 bits per heavy atom. The van der Waals surface area contributed by atoms with E-state index in [0.29, 0.717) is 5.75 Å². The van der Waals surface area contributed by atoms with E-state index in [4.69, 9.17) is 4.74 Å². The first-order valence-electron chi connectivity index (χ1n) is 8.72. The quantitative estimate of drug-likeness (QED) is 0.724. The van der Waals surface area contributed by atoms with E-state index >= 15 is 0 Å². The Bertz CT molecular complexity index is 943. The number of benzene rings is 1. The molecule has 0 spiro atoms. The van der Waals surface area contributed by atoms with Crippen molar-refractivity contribution in [2.75, 3.05) is 18.0 Å². The van der Waals surface area contributed by atoms with Crippen molar-refractivity contribution < 1.29 is 4.74 Å². The van der Waals surface area contributed by atoms with Crippen molar-refractivity contribution >= 4 is 5.82 Å². The molecule has 2 aromatic heterocycles. The SMILES string of the molecule is Cn1ccnc(Oc2ccc(-c3ccc(N4CCCC4)nc3)cc2)c1=O. The summed E-state index contributed by atoms with van der Waals surface area (Å²) >= 11 is 0. The maximum absolute atomic E-state index is 12.0. The standard InChI is InChI=1S/C20H20N4O2/c1-23-13-10-21-19(20(23)25)26-17-7-4-15(5-8-17)16-6-9-18(22-14-16)24-11-2-3-12-24/h4-10,13-14H,2-3,11-12H2,1H3. The summed E-state index contributed by atoms with van der Waals surface area (Å²) in [6.45, 7) is 2.18. The third-order valence-electron chi connectivity index (χ3n) is 4.57. The van der Waals surface area contributed by atoms with E-state index < -0.39 is 0 Å². The fourth-order valence-electron chi connectivity index (χ4n) is 3.06. The predicted octanol–water partition coefficient (Wildman–Crippen LogP) is 3.23. The summed E-state index contributed by atoms with van der Waals surface area (Å²) in [5.74, 6) is 1.68. The average molecular weight is 348 g/mol. The van der Waals surface area contributed by atoms with Gasteiger partial charge in [-0.05, 0) is 42.7 Å². The Kier molecular flexibility index (Phi) is 4.39. The molecule has 4 rings (SSSR count). The van der Waals surface area contributed by atoms with Crippen LogP contribution >= 0.6 is 0 Å². The van der Waals surface area contributed by atoms with Crippen molar-refractivity contribution in [1.29, 1.82) is 0 Å². The summed E-state index contributed by atoms with van der Waals surface area (Å²) < 4.78 is 7.04. The molecule has 1 saturated heterocycles. The van der Waals surface area contributed by atoms with E-state index in [0.717, 1.165) is 30.0 Å². The summed E-state index contributed by atoms with van der Waals surface area (Å²) in [5.41, 5.74) is 1.83. The number of rotatable bonds is 4. The van der Waals surface area contributed by atoms with Crippen LogP contribution in [0.4, 0.5) is 5.82 Å². The van der Waals surface area contributed by atoms with Gasteiger partial charge in [0.25, 0.3) is 5.88 Å². The summed E-state index contributed by atoms with van der Waals surface area (Å²) in [6.07, 6.45) is 7.52.